The lowest BCUT2D eigenvalue weighted by molar-refractivity contribution is -0.149. The van der Waals surface area contributed by atoms with Crippen LogP contribution in [0.4, 0.5) is 13.2 Å². The highest BCUT2D eigenvalue weighted by Gasteiger charge is 2.37. The molecule has 0 saturated heterocycles. The summed E-state index contributed by atoms with van der Waals surface area (Å²) >= 11 is 0. The molecule has 0 fully saturated rings. The highest BCUT2D eigenvalue weighted by atomic mass is 19.4. The van der Waals surface area contributed by atoms with Gasteiger partial charge in [0.05, 0.1) is 17.3 Å². The Morgan fingerprint density at radius 2 is 1.94 bits per heavy atom. The highest BCUT2D eigenvalue weighted by molar-refractivity contribution is 6.02. The van der Waals surface area contributed by atoms with Crippen LogP contribution < -0.4 is 5.32 Å². The van der Waals surface area contributed by atoms with Crippen LogP contribution in [0, 0.1) is 6.92 Å². The quantitative estimate of drug-likeness (QED) is 0.395. The molecule has 0 aromatic carbocycles. The molecule has 5 aromatic rings. The van der Waals surface area contributed by atoms with E-state index >= 15 is 0 Å². The van der Waals surface area contributed by atoms with E-state index < -0.39 is 18.1 Å². The summed E-state index contributed by atoms with van der Waals surface area (Å²) in [5, 5.41) is 6.96. The molecule has 2 N–H and O–H groups in total. The van der Waals surface area contributed by atoms with Gasteiger partial charge in [0.25, 0.3) is 5.91 Å². The number of pyridine rings is 3. The number of rotatable bonds is 4. The zero-order chi connectivity index (χ0) is 24.0. The van der Waals surface area contributed by atoms with Crippen LogP contribution in [-0.4, -0.2) is 42.7 Å². The van der Waals surface area contributed by atoms with E-state index in [9.17, 15) is 18.0 Å². The van der Waals surface area contributed by atoms with Crippen LogP contribution in [0.25, 0.3) is 38.8 Å². The van der Waals surface area contributed by atoms with Gasteiger partial charge < -0.3 is 10.3 Å². The largest absolute Gasteiger partial charge is 0.408 e. The molecule has 7 nitrogen and oxygen atoms in total. The molecule has 0 aliphatic heterocycles. The van der Waals surface area contributed by atoms with E-state index in [2.05, 4.69) is 20.1 Å². The molecule has 5 rings (SSSR count). The molecule has 5 aromatic heterocycles. The van der Waals surface area contributed by atoms with Gasteiger partial charge in [-0.25, -0.2) is 9.50 Å². The van der Waals surface area contributed by atoms with Crippen molar-refractivity contribution in [2.75, 3.05) is 0 Å². The minimum absolute atomic E-state index is 0.0580. The number of amides is 1. The highest BCUT2D eigenvalue weighted by Crippen LogP contribution is 2.32. The van der Waals surface area contributed by atoms with Crippen LogP contribution >= 0.6 is 0 Å². The summed E-state index contributed by atoms with van der Waals surface area (Å²) in [4.78, 5) is 24.5. The number of carbonyl (C=O) groups excluding carboxylic acids is 1. The van der Waals surface area contributed by atoms with Crippen LogP contribution in [0.15, 0.2) is 61.3 Å². The molecule has 172 valence electrons. The first kappa shape index (κ1) is 21.6. The van der Waals surface area contributed by atoms with Crippen molar-refractivity contribution < 1.29 is 18.0 Å². The Labute approximate surface area is 191 Å². The second-order valence-electron chi connectivity index (χ2n) is 8.00. The van der Waals surface area contributed by atoms with Gasteiger partial charge in [-0.2, -0.15) is 18.3 Å². The van der Waals surface area contributed by atoms with Crippen LogP contribution in [0.2, 0.25) is 0 Å². The van der Waals surface area contributed by atoms with Crippen molar-refractivity contribution in [3.8, 4) is 22.3 Å². The van der Waals surface area contributed by atoms with Crippen molar-refractivity contribution in [3.05, 3.63) is 72.6 Å². The maximum atomic E-state index is 12.9. The van der Waals surface area contributed by atoms with E-state index in [4.69, 9.17) is 0 Å². The van der Waals surface area contributed by atoms with Gasteiger partial charge in [-0.1, -0.05) is 6.07 Å². The zero-order valence-electron chi connectivity index (χ0n) is 18.2. The fraction of sp³-hybridized carbons (Fsp3) is 0.167. The maximum Gasteiger partial charge on any atom is 0.408 e. The first-order valence-corrected chi connectivity index (χ1v) is 10.5. The fourth-order valence-corrected chi connectivity index (χ4v) is 3.86. The molecule has 1 amide bonds. The number of carbonyl (C=O) groups is 1. The molecular formula is C24H19F3N6O. The Hall–Kier alpha value is -4.21. The second kappa shape index (κ2) is 7.98. The average Bonchev–Trinajstić information content (AvgIpc) is 3.42. The van der Waals surface area contributed by atoms with Crippen LogP contribution in [0.1, 0.15) is 23.0 Å². The Kier molecular flexibility index (Phi) is 5.07. The summed E-state index contributed by atoms with van der Waals surface area (Å²) < 4.78 is 40.1. The van der Waals surface area contributed by atoms with Crippen molar-refractivity contribution in [2.45, 2.75) is 26.1 Å². The van der Waals surface area contributed by atoms with Crippen molar-refractivity contribution in [1.29, 1.82) is 0 Å². The summed E-state index contributed by atoms with van der Waals surface area (Å²) in [6, 6.07) is 7.42. The molecule has 10 heteroatoms. The first-order valence-electron chi connectivity index (χ1n) is 10.5. The summed E-state index contributed by atoms with van der Waals surface area (Å²) in [6.07, 6.45) is 3.71. The summed E-state index contributed by atoms with van der Waals surface area (Å²) in [5.41, 5.74) is 5.49. The first-order chi connectivity index (χ1) is 16.2. The Morgan fingerprint density at radius 3 is 2.71 bits per heavy atom. The van der Waals surface area contributed by atoms with E-state index in [-0.39, 0.29) is 5.56 Å². The number of nitrogens with zero attached hydrogens (tertiary/aromatic N) is 4. The van der Waals surface area contributed by atoms with E-state index in [1.807, 2.05) is 42.7 Å². The molecule has 0 unspecified atom stereocenters. The molecule has 1 atom stereocenters. The average molecular weight is 464 g/mol. The molecule has 0 aliphatic rings. The number of hydrogen-bond acceptors (Lipinski definition) is 4. The second-order valence-corrected chi connectivity index (χ2v) is 8.00. The minimum atomic E-state index is -4.54. The predicted octanol–water partition coefficient (Wildman–Crippen LogP) is 4.93. The van der Waals surface area contributed by atoms with Gasteiger partial charge >= 0.3 is 6.18 Å². The number of nitrogens with one attached hydrogen (secondary N) is 2. The summed E-state index contributed by atoms with van der Waals surface area (Å²) in [6.45, 7) is 2.83. The van der Waals surface area contributed by atoms with Gasteiger partial charge in [0, 0.05) is 52.6 Å². The van der Waals surface area contributed by atoms with Gasteiger partial charge in [-0.3, -0.25) is 9.78 Å². The van der Waals surface area contributed by atoms with Crippen molar-refractivity contribution in [1.82, 2.24) is 29.9 Å². The number of H-pyrrole nitrogens is 1. The number of fused-ring (bicyclic) bond motifs is 2. The van der Waals surface area contributed by atoms with Gasteiger partial charge in [0.15, 0.2) is 0 Å². The third kappa shape index (κ3) is 3.76. The lowest BCUT2D eigenvalue weighted by Gasteiger charge is -2.16. The van der Waals surface area contributed by atoms with Crippen LogP contribution in [0.5, 0.6) is 0 Å². The van der Waals surface area contributed by atoms with Gasteiger partial charge in [-0.15, -0.1) is 0 Å². The predicted molar refractivity (Wildman–Crippen MR) is 121 cm³/mol. The van der Waals surface area contributed by atoms with Gasteiger partial charge in [-0.05, 0) is 43.7 Å². The van der Waals surface area contributed by atoms with Crippen LogP contribution in [0.3, 0.4) is 0 Å². The number of hydrogen-bond donors (Lipinski definition) is 2. The third-order valence-corrected chi connectivity index (χ3v) is 5.76. The molecule has 0 spiro atoms. The smallest absolute Gasteiger partial charge is 0.346 e. The maximum absolute atomic E-state index is 12.9. The standard InChI is InChI=1S/C24H19F3N6O/c1-13-17(4-3-6-28-13)16-8-18-19(11-30-22(18)29-10-16)15-5-7-33-21(9-15)20(12-31-33)23(34)32-14(2)24(25,26)27/h3-12,14H,1-2H3,(H,29,30)(H,32,34)/t14-/m1/s1. The zero-order valence-corrected chi connectivity index (χ0v) is 18.2. The van der Waals surface area contributed by atoms with Gasteiger partial charge in [0.1, 0.15) is 11.7 Å². The third-order valence-electron chi connectivity index (χ3n) is 5.76. The molecule has 0 aliphatic carbocycles. The SMILES string of the molecule is Cc1ncccc1-c1cnc2[nH]cc(-c3ccn4ncc(C(=O)N[C@H](C)C(F)(F)F)c4c3)c2c1. The molecular weight excluding hydrogens is 445 g/mol. The lowest BCUT2D eigenvalue weighted by Crippen LogP contribution is -2.43. The molecule has 34 heavy (non-hydrogen) atoms. The Morgan fingerprint density at radius 1 is 1.12 bits per heavy atom. The van der Waals surface area contributed by atoms with Crippen molar-refractivity contribution in [2.24, 2.45) is 0 Å². The van der Waals surface area contributed by atoms with E-state index in [0.717, 1.165) is 40.3 Å². The number of alkyl halides is 3. The van der Waals surface area contributed by atoms with E-state index in [0.29, 0.717) is 11.2 Å². The number of aromatic nitrogens is 5. The van der Waals surface area contributed by atoms with Crippen molar-refractivity contribution in [3.63, 3.8) is 0 Å². The number of aryl methyl sites for hydroxylation is 1. The van der Waals surface area contributed by atoms with E-state index in [1.165, 1.54) is 10.7 Å². The minimum Gasteiger partial charge on any atom is -0.346 e. The molecule has 5 heterocycles. The lowest BCUT2D eigenvalue weighted by atomic mass is 10.0. The monoisotopic (exact) mass is 464 g/mol. The fourth-order valence-electron chi connectivity index (χ4n) is 3.86. The summed E-state index contributed by atoms with van der Waals surface area (Å²) in [7, 11) is 0. The van der Waals surface area contributed by atoms with E-state index in [1.54, 1.807) is 24.7 Å². The Balaban J connectivity index is 1.56. The normalized spacial score (nSPS) is 12.9. The molecule has 0 saturated carbocycles. The number of aromatic amines is 1. The van der Waals surface area contributed by atoms with Gasteiger partial charge in [0.2, 0.25) is 0 Å². The van der Waals surface area contributed by atoms with Crippen LogP contribution in [-0.2, 0) is 0 Å². The number of halogens is 3. The topological polar surface area (TPSA) is 88.0 Å². The molecule has 0 bridgehead atoms. The Bertz CT molecular complexity index is 1540. The summed E-state index contributed by atoms with van der Waals surface area (Å²) in [5.74, 6) is -0.841. The van der Waals surface area contributed by atoms with Crippen molar-refractivity contribution >= 4 is 22.5 Å². The molecule has 0 radical (unpaired) electrons.